The molecule has 30 heavy (non-hydrogen) atoms. The van der Waals surface area contributed by atoms with Crippen LogP contribution in [-0.2, 0) is 10.3 Å². The van der Waals surface area contributed by atoms with Gasteiger partial charge in [0.1, 0.15) is 17.6 Å². The highest BCUT2D eigenvalue weighted by atomic mass is 35.5. The van der Waals surface area contributed by atoms with Crippen molar-refractivity contribution in [1.82, 2.24) is 10.2 Å². The molecule has 1 aromatic heterocycles. The summed E-state index contributed by atoms with van der Waals surface area (Å²) in [5.74, 6) is -3.29. The first kappa shape index (κ1) is 20.4. The summed E-state index contributed by atoms with van der Waals surface area (Å²) >= 11 is 5.76. The number of nitrogens with two attached hydrogens (primary N) is 1. The van der Waals surface area contributed by atoms with Crippen molar-refractivity contribution in [3.05, 3.63) is 46.5 Å². The molecule has 2 aliphatic rings. The standard InChI is InChI=1S/C17H13ClF5N5O2/c18-9-5-25-27-12(9)13(29)28(15(22)23)6-1-2-10(19)7(3-6)17(14(20)21)8-4-11(8)30-16(24)26-17/h1-3,5,8,11,14-15H,4H2,(H2,24,26)(H,25,27)/t8-,11+,17+/m0/s1. The molecular formula is C17H13ClF5N5O2. The third-order valence-corrected chi connectivity index (χ3v) is 5.36. The number of aromatic amines is 1. The van der Waals surface area contributed by atoms with Gasteiger partial charge in [-0.1, -0.05) is 11.6 Å². The van der Waals surface area contributed by atoms with E-state index in [-0.39, 0.29) is 16.3 Å². The maximum absolute atomic E-state index is 14.7. The van der Waals surface area contributed by atoms with Crippen LogP contribution in [0.3, 0.4) is 0 Å². The number of hydrogen-bond acceptors (Lipinski definition) is 5. The van der Waals surface area contributed by atoms with Crippen LogP contribution in [0.4, 0.5) is 27.6 Å². The first-order chi connectivity index (χ1) is 14.2. The number of alkyl halides is 4. The maximum Gasteiger partial charge on any atom is 0.321 e. The zero-order valence-electron chi connectivity index (χ0n) is 14.8. The monoisotopic (exact) mass is 449 g/mol. The lowest BCUT2D eigenvalue weighted by atomic mass is 9.84. The number of ether oxygens (including phenoxy) is 1. The van der Waals surface area contributed by atoms with Crippen LogP contribution in [0.2, 0.25) is 5.02 Å². The van der Waals surface area contributed by atoms with E-state index in [1.54, 1.807) is 0 Å². The molecule has 7 nitrogen and oxygen atoms in total. The average Bonchev–Trinajstić information content (AvgIpc) is 3.32. The third-order valence-electron chi connectivity index (χ3n) is 5.08. The number of aliphatic imine (C=N–C) groups is 1. The number of amidine groups is 1. The highest BCUT2D eigenvalue weighted by molar-refractivity contribution is 6.34. The minimum Gasteiger partial charge on any atom is -0.462 e. The van der Waals surface area contributed by atoms with E-state index < -0.39 is 65.2 Å². The molecule has 0 saturated heterocycles. The Hall–Kier alpha value is -2.89. The van der Waals surface area contributed by atoms with E-state index in [0.717, 1.165) is 18.3 Å². The lowest BCUT2D eigenvalue weighted by Gasteiger charge is -2.34. The summed E-state index contributed by atoms with van der Waals surface area (Å²) < 4.78 is 75.6. The number of amides is 1. The zero-order valence-corrected chi connectivity index (χ0v) is 15.6. The van der Waals surface area contributed by atoms with Crippen molar-refractivity contribution in [2.75, 3.05) is 4.90 Å². The molecular weight excluding hydrogens is 437 g/mol. The van der Waals surface area contributed by atoms with E-state index in [2.05, 4.69) is 15.2 Å². The second kappa shape index (κ2) is 7.11. The predicted molar refractivity (Wildman–Crippen MR) is 95.1 cm³/mol. The van der Waals surface area contributed by atoms with Crippen LogP contribution >= 0.6 is 11.6 Å². The summed E-state index contributed by atoms with van der Waals surface area (Å²) in [5, 5.41) is 5.45. The highest BCUT2D eigenvalue weighted by Crippen LogP contribution is 2.56. The summed E-state index contributed by atoms with van der Waals surface area (Å²) in [4.78, 5) is 16.2. The zero-order chi connectivity index (χ0) is 21.8. The lowest BCUT2D eigenvalue weighted by molar-refractivity contribution is 0.0176. The van der Waals surface area contributed by atoms with Gasteiger partial charge in [0.05, 0.1) is 16.9 Å². The fraction of sp³-hybridized carbons (Fsp3) is 0.353. The quantitative estimate of drug-likeness (QED) is 0.541. The van der Waals surface area contributed by atoms with Gasteiger partial charge >= 0.3 is 6.55 Å². The van der Waals surface area contributed by atoms with Gasteiger partial charge in [0.25, 0.3) is 18.4 Å². The maximum atomic E-state index is 14.7. The summed E-state index contributed by atoms with van der Waals surface area (Å²) in [5.41, 5.74) is 1.43. The van der Waals surface area contributed by atoms with Crippen molar-refractivity contribution in [2.45, 2.75) is 31.0 Å². The van der Waals surface area contributed by atoms with Crippen molar-refractivity contribution in [3.63, 3.8) is 0 Å². The van der Waals surface area contributed by atoms with Crippen LogP contribution in [0.5, 0.6) is 0 Å². The third kappa shape index (κ3) is 3.06. The molecule has 3 atom stereocenters. The Morgan fingerprint density at radius 2 is 2.10 bits per heavy atom. The van der Waals surface area contributed by atoms with Crippen molar-refractivity contribution in [3.8, 4) is 0 Å². The topological polar surface area (TPSA) is 96.6 Å². The Morgan fingerprint density at radius 3 is 2.70 bits per heavy atom. The van der Waals surface area contributed by atoms with Crippen molar-refractivity contribution >= 4 is 29.2 Å². The van der Waals surface area contributed by atoms with E-state index in [0.29, 0.717) is 6.07 Å². The Kier molecular flexibility index (Phi) is 4.83. The fourth-order valence-electron chi connectivity index (χ4n) is 3.63. The number of carbonyl (C=O) groups excluding carboxylic acids is 1. The lowest BCUT2D eigenvalue weighted by Crippen LogP contribution is -2.43. The largest absolute Gasteiger partial charge is 0.462 e. The van der Waals surface area contributed by atoms with Gasteiger partial charge in [-0.3, -0.25) is 9.89 Å². The predicted octanol–water partition coefficient (Wildman–Crippen LogP) is 3.27. The molecule has 1 aliphatic heterocycles. The van der Waals surface area contributed by atoms with E-state index in [1.165, 1.54) is 0 Å². The van der Waals surface area contributed by atoms with Gasteiger partial charge in [-0.2, -0.15) is 13.9 Å². The van der Waals surface area contributed by atoms with E-state index in [9.17, 15) is 26.7 Å². The second-order valence-corrected chi connectivity index (χ2v) is 7.19. The van der Waals surface area contributed by atoms with Gasteiger partial charge in [-0.25, -0.2) is 23.1 Å². The number of hydrogen-bond donors (Lipinski definition) is 2. The van der Waals surface area contributed by atoms with Gasteiger partial charge in [-0.05, 0) is 24.6 Å². The van der Waals surface area contributed by atoms with Crippen molar-refractivity contribution in [2.24, 2.45) is 16.6 Å². The van der Waals surface area contributed by atoms with Gasteiger partial charge in [0.2, 0.25) is 0 Å². The van der Waals surface area contributed by atoms with Crippen LogP contribution in [0.1, 0.15) is 22.5 Å². The number of H-pyrrole nitrogens is 1. The number of nitrogens with zero attached hydrogens (tertiary/aromatic N) is 3. The van der Waals surface area contributed by atoms with Crippen molar-refractivity contribution < 1.29 is 31.5 Å². The Bertz CT molecular complexity index is 1030. The SMILES string of the molecule is NC1=N[C@@](c2cc(N(C(=O)c3[nH]ncc3Cl)C(F)F)ccc2F)(C(F)F)[C@H]2C[C@H]2O1. The normalized spacial score (nSPS) is 25.0. The molecule has 0 radical (unpaired) electrons. The van der Waals surface area contributed by atoms with Crippen molar-refractivity contribution in [1.29, 1.82) is 0 Å². The summed E-state index contributed by atoms with van der Waals surface area (Å²) in [6, 6.07) is 1.77. The molecule has 1 aromatic carbocycles. The molecule has 2 aromatic rings. The molecule has 1 fully saturated rings. The van der Waals surface area contributed by atoms with Gasteiger partial charge < -0.3 is 10.5 Å². The summed E-state index contributed by atoms with van der Waals surface area (Å²) in [7, 11) is 0. The van der Waals surface area contributed by atoms with Gasteiger partial charge in [-0.15, -0.1) is 0 Å². The molecule has 1 saturated carbocycles. The van der Waals surface area contributed by atoms with E-state index in [4.69, 9.17) is 22.1 Å². The minimum atomic E-state index is -3.39. The first-order valence-corrected chi connectivity index (χ1v) is 8.95. The highest BCUT2D eigenvalue weighted by Gasteiger charge is 2.64. The number of carbonyl (C=O) groups is 1. The fourth-order valence-corrected chi connectivity index (χ4v) is 3.80. The molecule has 1 amide bonds. The Morgan fingerprint density at radius 1 is 1.37 bits per heavy atom. The molecule has 1 aliphatic carbocycles. The van der Waals surface area contributed by atoms with Gasteiger partial charge in [0, 0.05) is 11.5 Å². The van der Waals surface area contributed by atoms with Crippen LogP contribution in [0.15, 0.2) is 29.4 Å². The Labute approximate surface area is 170 Å². The number of anilines is 1. The molecule has 4 rings (SSSR count). The molecule has 0 spiro atoms. The minimum absolute atomic E-state index is 0.0156. The number of fused-ring (bicyclic) bond motifs is 1. The number of halogens is 6. The summed E-state index contributed by atoms with van der Waals surface area (Å²) in [6.45, 7) is -3.39. The van der Waals surface area contributed by atoms with Crippen LogP contribution in [-0.4, -0.2) is 41.2 Å². The number of rotatable bonds is 5. The summed E-state index contributed by atoms with van der Waals surface area (Å²) in [6.07, 6.45) is -2.72. The molecule has 0 bridgehead atoms. The number of benzene rings is 1. The molecule has 160 valence electrons. The smallest absolute Gasteiger partial charge is 0.321 e. The Balaban J connectivity index is 1.84. The number of aromatic nitrogens is 2. The van der Waals surface area contributed by atoms with E-state index in [1.807, 2.05) is 0 Å². The molecule has 2 heterocycles. The first-order valence-electron chi connectivity index (χ1n) is 8.57. The molecule has 3 N–H and O–H groups in total. The second-order valence-electron chi connectivity index (χ2n) is 6.78. The van der Waals surface area contributed by atoms with E-state index >= 15 is 0 Å². The molecule has 13 heteroatoms. The van der Waals surface area contributed by atoms with Crippen LogP contribution in [0.25, 0.3) is 0 Å². The van der Waals surface area contributed by atoms with Crippen LogP contribution in [0, 0.1) is 11.7 Å². The van der Waals surface area contributed by atoms with Gasteiger partial charge in [0.15, 0.2) is 5.54 Å². The average molecular weight is 450 g/mol. The number of nitrogens with one attached hydrogen (secondary N) is 1. The molecule has 0 unspecified atom stereocenters. The van der Waals surface area contributed by atoms with Crippen LogP contribution < -0.4 is 10.6 Å².